The van der Waals surface area contributed by atoms with Gasteiger partial charge in [-0.25, -0.2) is 4.98 Å². The molecule has 0 radical (unpaired) electrons. The number of hydrogen-bond acceptors (Lipinski definition) is 3. The van der Waals surface area contributed by atoms with Crippen molar-refractivity contribution in [2.75, 3.05) is 26.2 Å². The van der Waals surface area contributed by atoms with Crippen LogP contribution in [0.1, 0.15) is 58.2 Å². The first kappa shape index (κ1) is 23.6. The van der Waals surface area contributed by atoms with E-state index in [-0.39, 0.29) is 29.8 Å². The molecular weight excluding hydrogens is 450 g/mol. The summed E-state index contributed by atoms with van der Waals surface area (Å²) in [6.07, 6.45) is -5.26. The second-order valence-corrected chi connectivity index (χ2v) is 8.57. The van der Waals surface area contributed by atoms with E-state index in [1.807, 2.05) is 0 Å². The summed E-state index contributed by atoms with van der Waals surface area (Å²) < 4.78 is 80.9. The molecule has 1 atom stereocenters. The van der Waals surface area contributed by atoms with Gasteiger partial charge in [-0.15, -0.1) is 0 Å². The standard InChI is InChI=1S/C22H24F6N4O/c23-21(24,25)16-9-15(10-17(11-16)22(26,27)28)14-3-4-19-30-18(13-32(19)12-14)20(33)29-5-8-31-6-1-2-7-31/h9-11,13-14H,1-8,12H2,(H,29,33)/t14-/m1/s1. The predicted octanol–water partition coefficient (Wildman–Crippen LogP) is 4.48. The van der Waals surface area contributed by atoms with Gasteiger partial charge in [-0.3, -0.25) is 4.79 Å². The number of carbonyl (C=O) groups excluding carboxylic acids is 1. The van der Waals surface area contributed by atoms with Gasteiger partial charge in [0.1, 0.15) is 11.5 Å². The Bertz CT molecular complexity index is 975. The first-order valence-electron chi connectivity index (χ1n) is 10.9. The van der Waals surface area contributed by atoms with Crippen LogP contribution < -0.4 is 5.32 Å². The predicted molar refractivity (Wildman–Crippen MR) is 108 cm³/mol. The Morgan fingerprint density at radius 1 is 1.03 bits per heavy atom. The van der Waals surface area contributed by atoms with Gasteiger partial charge >= 0.3 is 12.4 Å². The number of halogens is 6. The highest BCUT2D eigenvalue weighted by Crippen LogP contribution is 2.39. The molecular formula is C22H24F6N4O. The van der Waals surface area contributed by atoms with Crippen molar-refractivity contribution in [2.45, 2.75) is 50.5 Å². The highest BCUT2D eigenvalue weighted by Gasteiger charge is 2.38. The number of imidazole rings is 1. The molecule has 2 aromatic rings. The quantitative estimate of drug-likeness (QED) is 0.651. The number of nitrogens with one attached hydrogen (secondary N) is 1. The van der Waals surface area contributed by atoms with Crippen molar-refractivity contribution < 1.29 is 31.1 Å². The maximum Gasteiger partial charge on any atom is 0.416 e. The number of nitrogens with zero attached hydrogens (tertiary/aromatic N) is 3. The molecule has 2 aliphatic heterocycles. The lowest BCUT2D eigenvalue weighted by atomic mass is 9.89. The second kappa shape index (κ2) is 9.00. The molecule has 11 heteroatoms. The molecule has 5 nitrogen and oxygen atoms in total. The molecule has 1 amide bonds. The zero-order valence-corrected chi connectivity index (χ0v) is 17.8. The number of alkyl halides is 6. The molecule has 1 fully saturated rings. The molecule has 2 aliphatic rings. The molecule has 1 aromatic heterocycles. The van der Waals surface area contributed by atoms with Gasteiger partial charge in [0, 0.05) is 38.2 Å². The molecule has 3 heterocycles. The Morgan fingerprint density at radius 2 is 1.67 bits per heavy atom. The Morgan fingerprint density at radius 3 is 2.27 bits per heavy atom. The van der Waals surface area contributed by atoms with E-state index >= 15 is 0 Å². The zero-order chi connectivity index (χ0) is 23.8. The third-order valence-electron chi connectivity index (χ3n) is 6.22. The van der Waals surface area contributed by atoms with Gasteiger partial charge in [-0.1, -0.05) is 0 Å². The number of fused-ring (bicyclic) bond motifs is 1. The summed E-state index contributed by atoms with van der Waals surface area (Å²) in [7, 11) is 0. The maximum atomic E-state index is 13.2. The minimum Gasteiger partial charge on any atom is -0.349 e. The number of rotatable bonds is 5. The third-order valence-corrected chi connectivity index (χ3v) is 6.22. The van der Waals surface area contributed by atoms with E-state index in [9.17, 15) is 31.1 Å². The monoisotopic (exact) mass is 474 g/mol. The Balaban J connectivity index is 1.47. The van der Waals surface area contributed by atoms with Crippen LogP contribution in [-0.4, -0.2) is 46.5 Å². The normalized spacial score (nSPS) is 19.5. The van der Waals surface area contributed by atoms with Crippen molar-refractivity contribution in [1.82, 2.24) is 19.8 Å². The fourth-order valence-corrected chi connectivity index (χ4v) is 4.46. The largest absolute Gasteiger partial charge is 0.416 e. The van der Waals surface area contributed by atoms with Gasteiger partial charge < -0.3 is 14.8 Å². The van der Waals surface area contributed by atoms with Crippen LogP contribution in [0, 0.1) is 0 Å². The van der Waals surface area contributed by atoms with Crippen molar-refractivity contribution in [3.05, 3.63) is 52.6 Å². The molecule has 0 saturated carbocycles. The van der Waals surface area contributed by atoms with Crippen LogP contribution in [-0.2, 0) is 25.3 Å². The van der Waals surface area contributed by atoms with Crippen LogP contribution in [0.3, 0.4) is 0 Å². The molecule has 0 aliphatic carbocycles. The summed E-state index contributed by atoms with van der Waals surface area (Å²) in [5.74, 6) is -0.300. The van der Waals surface area contributed by atoms with E-state index in [0.29, 0.717) is 25.2 Å². The number of hydrogen-bond donors (Lipinski definition) is 1. The molecule has 0 spiro atoms. The minimum atomic E-state index is -4.88. The van der Waals surface area contributed by atoms with E-state index in [2.05, 4.69) is 15.2 Å². The molecule has 1 N–H and O–H groups in total. The molecule has 0 bridgehead atoms. The van der Waals surface area contributed by atoms with Crippen LogP contribution in [0.2, 0.25) is 0 Å². The van der Waals surface area contributed by atoms with E-state index in [1.165, 1.54) is 6.20 Å². The molecule has 1 aromatic carbocycles. The van der Waals surface area contributed by atoms with E-state index in [4.69, 9.17) is 0 Å². The van der Waals surface area contributed by atoms with E-state index in [0.717, 1.165) is 44.6 Å². The van der Waals surface area contributed by atoms with Crippen LogP contribution in [0.4, 0.5) is 26.3 Å². The summed E-state index contributed by atoms with van der Waals surface area (Å²) in [5.41, 5.74) is -2.45. The number of aryl methyl sites for hydroxylation is 1. The summed E-state index contributed by atoms with van der Waals surface area (Å²) >= 11 is 0. The first-order valence-corrected chi connectivity index (χ1v) is 10.9. The lowest BCUT2D eigenvalue weighted by Gasteiger charge is -2.25. The number of likely N-dealkylation sites (tertiary alicyclic amines) is 1. The van der Waals surface area contributed by atoms with Gasteiger partial charge in [0.15, 0.2) is 0 Å². The van der Waals surface area contributed by atoms with Gasteiger partial charge in [-0.2, -0.15) is 26.3 Å². The van der Waals surface area contributed by atoms with Crippen LogP contribution >= 0.6 is 0 Å². The van der Waals surface area contributed by atoms with E-state index in [1.54, 1.807) is 4.57 Å². The van der Waals surface area contributed by atoms with Gasteiger partial charge in [0.25, 0.3) is 5.91 Å². The Hall–Kier alpha value is -2.56. The van der Waals surface area contributed by atoms with Crippen molar-refractivity contribution in [3.63, 3.8) is 0 Å². The van der Waals surface area contributed by atoms with E-state index < -0.39 is 29.4 Å². The number of benzene rings is 1. The smallest absolute Gasteiger partial charge is 0.349 e. The lowest BCUT2D eigenvalue weighted by Crippen LogP contribution is -2.33. The van der Waals surface area contributed by atoms with Crippen LogP contribution in [0.15, 0.2) is 24.4 Å². The molecule has 33 heavy (non-hydrogen) atoms. The molecule has 1 saturated heterocycles. The number of carbonyl (C=O) groups is 1. The number of aromatic nitrogens is 2. The Kier molecular flexibility index (Phi) is 6.43. The first-order chi connectivity index (χ1) is 15.5. The zero-order valence-electron chi connectivity index (χ0n) is 17.8. The fourth-order valence-electron chi connectivity index (χ4n) is 4.46. The van der Waals surface area contributed by atoms with Gasteiger partial charge in [0.2, 0.25) is 0 Å². The fraction of sp³-hybridized carbons (Fsp3) is 0.545. The number of amides is 1. The molecule has 0 unspecified atom stereocenters. The van der Waals surface area contributed by atoms with Crippen molar-refractivity contribution in [3.8, 4) is 0 Å². The lowest BCUT2D eigenvalue weighted by molar-refractivity contribution is -0.143. The Labute approximate surface area is 186 Å². The van der Waals surface area contributed by atoms with Crippen LogP contribution in [0.5, 0.6) is 0 Å². The summed E-state index contributed by atoms with van der Waals surface area (Å²) in [6, 6.07) is 1.71. The second-order valence-electron chi connectivity index (χ2n) is 8.57. The highest BCUT2D eigenvalue weighted by atomic mass is 19.4. The van der Waals surface area contributed by atoms with Gasteiger partial charge in [0.05, 0.1) is 11.1 Å². The minimum absolute atomic E-state index is 0.0203. The van der Waals surface area contributed by atoms with Crippen molar-refractivity contribution >= 4 is 5.91 Å². The van der Waals surface area contributed by atoms with Crippen molar-refractivity contribution in [1.29, 1.82) is 0 Å². The maximum absolute atomic E-state index is 13.2. The van der Waals surface area contributed by atoms with Gasteiger partial charge in [-0.05, 0) is 56.1 Å². The summed E-state index contributed by atoms with van der Waals surface area (Å²) in [5, 5.41) is 2.82. The molecule has 180 valence electrons. The highest BCUT2D eigenvalue weighted by molar-refractivity contribution is 5.92. The topological polar surface area (TPSA) is 50.2 Å². The van der Waals surface area contributed by atoms with Crippen LogP contribution in [0.25, 0.3) is 0 Å². The third kappa shape index (κ3) is 5.51. The average molecular weight is 474 g/mol. The summed E-state index contributed by atoms with van der Waals surface area (Å²) in [6.45, 7) is 3.41. The van der Waals surface area contributed by atoms with Crippen molar-refractivity contribution in [2.24, 2.45) is 0 Å². The summed E-state index contributed by atoms with van der Waals surface area (Å²) in [4.78, 5) is 19.0. The SMILES string of the molecule is O=C(NCCN1CCCC1)c1cn2c(n1)CC[C@@H](c1cc(C(F)(F)F)cc(C(F)(F)F)c1)C2. The average Bonchev–Trinajstić information content (AvgIpc) is 3.41. The molecule has 4 rings (SSSR count).